The van der Waals surface area contributed by atoms with Gasteiger partial charge in [-0.25, -0.2) is 4.79 Å². The van der Waals surface area contributed by atoms with Gasteiger partial charge in [-0.3, -0.25) is 0 Å². The van der Waals surface area contributed by atoms with Crippen molar-refractivity contribution in [2.45, 2.75) is 6.54 Å². The molecule has 2 N–H and O–H groups in total. The summed E-state index contributed by atoms with van der Waals surface area (Å²) in [4.78, 5) is 10.3. The van der Waals surface area contributed by atoms with Crippen LogP contribution in [0.3, 0.4) is 0 Å². The fourth-order valence-corrected chi connectivity index (χ4v) is 0.883. The minimum absolute atomic E-state index is 0.0729. The highest BCUT2D eigenvalue weighted by Crippen LogP contribution is 1.89. The van der Waals surface area contributed by atoms with Crippen LogP contribution in [0.15, 0.2) is 29.7 Å². The quantitative estimate of drug-likeness (QED) is 0.295. The minimum atomic E-state index is -0.895. The summed E-state index contributed by atoms with van der Waals surface area (Å²) in [7, 11) is 0. The van der Waals surface area contributed by atoms with Gasteiger partial charge in [0.05, 0.1) is 6.21 Å². The Labute approximate surface area is 74.6 Å². The van der Waals surface area contributed by atoms with Gasteiger partial charge in [-0.15, -0.1) is 0 Å². The number of hydrogen-bond donors (Lipinski definition) is 2. The van der Waals surface area contributed by atoms with E-state index >= 15 is 0 Å². The van der Waals surface area contributed by atoms with Gasteiger partial charge in [-0.2, -0.15) is 4.57 Å². The van der Waals surface area contributed by atoms with Crippen molar-refractivity contribution in [1.82, 2.24) is 0 Å². The first-order valence-corrected chi connectivity index (χ1v) is 3.60. The molecule has 0 fully saturated rings. The van der Waals surface area contributed by atoms with Crippen molar-refractivity contribution >= 4 is 12.2 Å². The van der Waals surface area contributed by atoms with E-state index < -0.39 is 5.97 Å². The topological polar surface area (TPSA) is 73.8 Å². The van der Waals surface area contributed by atoms with E-state index in [9.17, 15) is 4.79 Å². The summed E-state index contributed by atoms with van der Waals surface area (Å²) < 4.78 is 1.51. The zero-order chi connectivity index (χ0) is 9.68. The molecule has 0 radical (unpaired) electrons. The predicted molar refractivity (Wildman–Crippen MR) is 43.7 cm³/mol. The second kappa shape index (κ2) is 4.20. The minimum Gasteiger partial charge on any atom is -0.477 e. The number of aromatic nitrogens is 1. The lowest BCUT2D eigenvalue weighted by Gasteiger charge is -1.91. The summed E-state index contributed by atoms with van der Waals surface area (Å²) in [6, 6.07) is 3.31. The Morgan fingerprint density at radius 3 is 2.62 bits per heavy atom. The number of carbonyl (C=O) groups is 1. The van der Waals surface area contributed by atoms with Gasteiger partial charge in [0, 0.05) is 17.7 Å². The van der Waals surface area contributed by atoms with Crippen LogP contribution in [0.4, 0.5) is 0 Å². The van der Waals surface area contributed by atoms with Crippen molar-refractivity contribution in [3.63, 3.8) is 0 Å². The predicted octanol–water partition coefficient (Wildman–Crippen LogP) is -0.133. The van der Waals surface area contributed by atoms with E-state index in [4.69, 9.17) is 10.3 Å². The number of oxime groups is 1. The molecule has 5 nitrogen and oxygen atoms in total. The maximum atomic E-state index is 10.3. The van der Waals surface area contributed by atoms with Crippen LogP contribution in [0.5, 0.6) is 0 Å². The zero-order valence-corrected chi connectivity index (χ0v) is 6.79. The van der Waals surface area contributed by atoms with Gasteiger partial charge in [0.1, 0.15) is 0 Å². The Kier molecular flexibility index (Phi) is 2.97. The Morgan fingerprint density at radius 1 is 1.54 bits per heavy atom. The third-order valence-corrected chi connectivity index (χ3v) is 1.44. The van der Waals surface area contributed by atoms with Crippen LogP contribution >= 0.6 is 0 Å². The molecule has 68 valence electrons. The molecule has 0 aromatic carbocycles. The summed E-state index contributed by atoms with van der Waals surface area (Å²) in [6.45, 7) is -0.0729. The Bertz CT molecular complexity index is 319. The van der Waals surface area contributed by atoms with Crippen molar-refractivity contribution in [2.24, 2.45) is 5.16 Å². The van der Waals surface area contributed by atoms with Gasteiger partial charge in [-0.05, 0) is 0 Å². The monoisotopic (exact) mass is 181 g/mol. The molecule has 0 aliphatic heterocycles. The molecule has 13 heavy (non-hydrogen) atoms. The van der Waals surface area contributed by atoms with E-state index in [1.807, 2.05) is 0 Å². The van der Waals surface area contributed by atoms with Crippen LogP contribution in [0.1, 0.15) is 5.56 Å². The lowest BCUT2D eigenvalue weighted by molar-refractivity contribution is -0.685. The average Bonchev–Trinajstić information content (AvgIpc) is 2.08. The molecular weight excluding hydrogens is 172 g/mol. The first-order valence-electron chi connectivity index (χ1n) is 3.60. The highest BCUT2D eigenvalue weighted by molar-refractivity contribution is 5.78. The van der Waals surface area contributed by atoms with E-state index in [2.05, 4.69) is 5.16 Å². The van der Waals surface area contributed by atoms with Crippen LogP contribution < -0.4 is 4.57 Å². The van der Waals surface area contributed by atoms with E-state index in [0.717, 1.165) is 0 Å². The lowest BCUT2D eigenvalue weighted by Crippen LogP contribution is -2.36. The van der Waals surface area contributed by atoms with Crippen molar-refractivity contribution in [3.05, 3.63) is 30.1 Å². The second-order valence-electron chi connectivity index (χ2n) is 2.44. The fraction of sp³-hybridized carbons (Fsp3) is 0.125. The van der Waals surface area contributed by atoms with Gasteiger partial charge < -0.3 is 10.3 Å². The molecule has 1 rings (SSSR count). The Morgan fingerprint density at radius 2 is 2.15 bits per heavy atom. The van der Waals surface area contributed by atoms with Crippen LogP contribution in [-0.4, -0.2) is 22.5 Å². The molecular formula is C8H9N2O3+. The largest absolute Gasteiger partial charge is 0.477 e. The van der Waals surface area contributed by atoms with Gasteiger partial charge in [0.15, 0.2) is 12.4 Å². The number of nitrogens with zero attached hydrogens (tertiary/aromatic N) is 2. The zero-order valence-electron chi connectivity index (χ0n) is 6.79. The molecule has 0 aliphatic carbocycles. The highest BCUT2D eigenvalue weighted by Gasteiger charge is 2.05. The fourth-order valence-electron chi connectivity index (χ4n) is 0.883. The first-order chi connectivity index (χ1) is 6.22. The third kappa shape index (κ3) is 2.90. The summed E-state index contributed by atoms with van der Waals surface area (Å²) in [5, 5.41) is 19.5. The standard InChI is InChI=1S/C8H8N2O3/c11-8(12)6-10-3-1-7(2-4-10)5-9-13/h1-5H,6H2,(H,11,12)/p+1. The first kappa shape index (κ1) is 9.18. The number of carboxylic acid groups (broad SMARTS) is 1. The molecule has 0 amide bonds. The lowest BCUT2D eigenvalue weighted by atomic mass is 10.3. The van der Waals surface area contributed by atoms with E-state index in [0.29, 0.717) is 5.56 Å². The highest BCUT2D eigenvalue weighted by atomic mass is 16.4. The van der Waals surface area contributed by atoms with Crippen LogP contribution in [0.2, 0.25) is 0 Å². The van der Waals surface area contributed by atoms with Gasteiger partial charge in [0.25, 0.3) is 0 Å². The number of carboxylic acids is 1. The molecule has 0 saturated carbocycles. The maximum Gasteiger partial charge on any atom is 0.370 e. The number of aliphatic carboxylic acids is 1. The van der Waals surface area contributed by atoms with Crippen molar-refractivity contribution in [3.8, 4) is 0 Å². The van der Waals surface area contributed by atoms with Crippen LogP contribution in [0, 0.1) is 0 Å². The molecule has 0 bridgehead atoms. The van der Waals surface area contributed by atoms with E-state index in [-0.39, 0.29) is 6.54 Å². The smallest absolute Gasteiger partial charge is 0.370 e. The Balaban J connectivity index is 2.75. The molecule has 0 spiro atoms. The normalized spacial score (nSPS) is 10.5. The second-order valence-corrected chi connectivity index (χ2v) is 2.44. The van der Waals surface area contributed by atoms with Gasteiger partial charge in [-0.1, -0.05) is 5.16 Å². The molecule has 0 saturated heterocycles. The van der Waals surface area contributed by atoms with Crippen molar-refractivity contribution < 1.29 is 19.7 Å². The SMILES string of the molecule is O=C(O)C[n+]1ccc(/C=N/O)cc1. The average molecular weight is 181 g/mol. The van der Waals surface area contributed by atoms with Crippen LogP contribution in [0.25, 0.3) is 0 Å². The van der Waals surface area contributed by atoms with Gasteiger partial charge >= 0.3 is 5.97 Å². The van der Waals surface area contributed by atoms with Crippen molar-refractivity contribution in [2.75, 3.05) is 0 Å². The number of rotatable bonds is 3. The molecule has 1 heterocycles. The molecule has 0 unspecified atom stereocenters. The van der Waals surface area contributed by atoms with Crippen molar-refractivity contribution in [1.29, 1.82) is 0 Å². The van der Waals surface area contributed by atoms with Crippen LogP contribution in [-0.2, 0) is 11.3 Å². The molecule has 0 atom stereocenters. The van der Waals surface area contributed by atoms with Gasteiger partial charge in [0.2, 0.25) is 6.54 Å². The molecule has 5 heteroatoms. The summed E-state index contributed by atoms with van der Waals surface area (Å²) in [6.07, 6.45) is 4.47. The number of pyridine rings is 1. The maximum absolute atomic E-state index is 10.3. The number of hydrogen-bond acceptors (Lipinski definition) is 3. The molecule has 1 aromatic heterocycles. The van der Waals surface area contributed by atoms with E-state index in [1.54, 1.807) is 24.5 Å². The summed E-state index contributed by atoms with van der Waals surface area (Å²) in [5.74, 6) is -0.895. The van der Waals surface area contributed by atoms with E-state index in [1.165, 1.54) is 10.8 Å². The third-order valence-electron chi connectivity index (χ3n) is 1.44. The summed E-state index contributed by atoms with van der Waals surface area (Å²) in [5.41, 5.74) is 0.712. The molecule has 1 aromatic rings. The Hall–Kier alpha value is -1.91. The summed E-state index contributed by atoms with van der Waals surface area (Å²) >= 11 is 0. The molecule has 0 aliphatic rings.